The number of aryl methyl sites for hydroxylation is 1. The molecule has 0 radical (unpaired) electrons. The fourth-order valence-corrected chi connectivity index (χ4v) is 6.68. The standard InChI is InChI=1S/C26H33N5O/c1-18-29-22-8-4-5-9-23(22)31(18)24-12-20-16-30(15-19-6-2-3-7-19)17-21(20)13-25(24)32-26-14-27-10-11-28-26/h4-5,8-11,14,19-21,24-25H,2-3,6-7,12-13,15-17H2,1H3/t20-,21+,24-,25-/m0/s1. The van der Waals surface area contributed by atoms with Gasteiger partial charge in [0.25, 0.3) is 0 Å². The van der Waals surface area contributed by atoms with Crippen molar-refractivity contribution in [3.63, 3.8) is 0 Å². The van der Waals surface area contributed by atoms with E-state index in [4.69, 9.17) is 9.72 Å². The number of ether oxygens (including phenoxy) is 1. The van der Waals surface area contributed by atoms with Crippen molar-refractivity contribution in [2.24, 2.45) is 17.8 Å². The Morgan fingerprint density at radius 1 is 1.03 bits per heavy atom. The van der Waals surface area contributed by atoms with E-state index >= 15 is 0 Å². The van der Waals surface area contributed by atoms with E-state index in [0.717, 1.165) is 36.0 Å². The normalized spacial score (nSPS) is 28.9. The maximum atomic E-state index is 6.53. The summed E-state index contributed by atoms with van der Waals surface area (Å²) in [5.41, 5.74) is 2.28. The van der Waals surface area contributed by atoms with Gasteiger partial charge in [-0.3, -0.25) is 4.98 Å². The lowest BCUT2D eigenvalue weighted by Crippen LogP contribution is -2.40. The Kier molecular flexibility index (Phi) is 5.34. The number of nitrogens with zero attached hydrogens (tertiary/aromatic N) is 5. The number of hydrogen-bond donors (Lipinski definition) is 0. The Morgan fingerprint density at radius 3 is 2.66 bits per heavy atom. The van der Waals surface area contributed by atoms with Gasteiger partial charge in [0.05, 0.1) is 23.3 Å². The Balaban J connectivity index is 1.29. The molecule has 2 saturated carbocycles. The van der Waals surface area contributed by atoms with Gasteiger partial charge in [-0.2, -0.15) is 0 Å². The zero-order valence-corrected chi connectivity index (χ0v) is 18.9. The molecule has 3 aromatic rings. The fourth-order valence-electron chi connectivity index (χ4n) is 6.68. The highest BCUT2D eigenvalue weighted by molar-refractivity contribution is 5.76. The Labute approximate surface area is 190 Å². The first kappa shape index (κ1) is 20.2. The number of rotatable bonds is 5. The average Bonchev–Trinajstić information content (AvgIpc) is 3.52. The van der Waals surface area contributed by atoms with Gasteiger partial charge in [0.2, 0.25) is 5.88 Å². The minimum atomic E-state index is 0.0793. The van der Waals surface area contributed by atoms with Crippen molar-refractivity contribution in [2.75, 3.05) is 19.6 Å². The van der Waals surface area contributed by atoms with Crippen LogP contribution >= 0.6 is 0 Å². The van der Waals surface area contributed by atoms with E-state index in [1.165, 1.54) is 50.8 Å². The second-order valence-electron chi connectivity index (χ2n) is 10.1. The molecule has 32 heavy (non-hydrogen) atoms. The first-order valence-corrected chi connectivity index (χ1v) is 12.3. The van der Waals surface area contributed by atoms with Crippen LogP contribution < -0.4 is 4.74 Å². The van der Waals surface area contributed by atoms with E-state index in [9.17, 15) is 0 Å². The van der Waals surface area contributed by atoms with Crippen LogP contribution in [0, 0.1) is 24.7 Å². The van der Waals surface area contributed by atoms with Crippen molar-refractivity contribution in [3.8, 4) is 5.88 Å². The van der Waals surface area contributed by atoms with Crippen molar-refractivity contribution in [1.82, 2.24) is 24.4 Å². The SMILES string of the molecule is Cc1nc2ccccc2n1[C@H]1C[C@H]2CN(CC3CCCC3)C[C@H]2C[C@@H]1Oc1cnccn1. The lowest BCUT2D eigenvalue weighted by Gasteiger charge is -2.39. The molecule has 0 N–H and O–H groups in total. The van der Waals surface area contributed by atoms with Crippen LogP contribution in [-0.2, 0) is 0 Å². The molecular formula is C26H33N5O. The van der Waals surface area contributed by atoms with E-state index in [0.29, 0.717) is 11.8 Å². The molecule has 1 aromatic carbocycles. The summed E-state index contributed by atoms with van der Waals surface area (Å²) in [5, 5.41) is 0. The number of aromatic nitrogens is 4. The lowest BCUT2D eigenvalue weighted by atomic mass is 9.77. The minimum absolute atomic E-state index is 0.0793. The lowest BCUT2D eigenvalue weighted by molar-refractivity contribution is 0.0519. The second-order valence-corrected chi connectivity index (χ2v) is 10.1. The van der Waals surface area contributed by atoms with E-state index < -0.39 is 0 Å². The molecule has 3 heterocycles. The summed E-state index contributed by atoms with van der Waals surface area (Å²) in [6.45, 7) is 5.88. The zero-order valence-electron chi connectivity index (χ0n) is 18.9. The number of benzene rings is 1. The molecule has 6 rings (SSSR count). The monoisotopic (exact) mass is 431 g/mol. The molecule has 3 fully saturated rings. The van der Waals surface area contributed by atoms with Gasteiger partial charge >= 0.3 is 0 Å². The van der Waals surface area contributed by atoms with Crippen molar-refractivity contribution < 1.29 is 4.74 Å². The van der Waals surface area contributed by atoms with Gasteiger partial charge in [-0.05, 0) is 62.5 Å². The first-order chi connectivity index (χ1) is 15.7. The highest BCUT2D eigenvalue weighted by Gasteiger charge is 2.45. The fraction of sp³-hybridized carbons (Fsp3) is 0.577. The molecule has 3 aliphatic rings. The molecule has 2 aromatic heterocycles. The summed E-state index contributed by atoms with van der Waals surface area (Å²) in [7, 11) is 0. The van der Waals surface area contributed by atoms with Crippen LogP contribution in [-0.4, -0.2) is 50.2 Å². The van der Waals surface area contributed by atoms with Crippen LogP contribution in [0.3, 0.4) is 0 Å². The molecular weight excluding hydrogens is 398 g/mol. The van der Waals surface area contributed by atoms with Gasteiger partial charge in [-0.25, -0.2) is 9.97 Å². The van der Waals surface area contributed by atoms with Gasteiger partial charge in [-0.15, -0.1) is 0 Å². The maximum Gasteiger partial charge on any atom is 0.232 e. The molecule has 4 atom stereocenters. The van der Waals surface area contributed by atoms with Crippen LogP contribution in [0.2, 0.25) is 0 Å². The highest BCUT2D eigenvalue weighted by Crippen LogP contribution is 2.44. The van der Waals surface area contributed by atoms with E-state index in [1.807, 2.05) is 0 Å². The molecule has 1 aliphatic heterocycles. The predicted molar refractivity (Wildman–Crippen MR) is 125 cm³/mol. The van der Waals surface area contributed by atoms with Crippen molar-refractivity contribution in [2.45, 2.75) is 57.6 Å². The second kappa shape index (κ2) is 8.47. The number of likely N-dealkylation sites (tertiary alicyclic amines) is 1. The topological polar surface area (TPSA) is 56.1 Å². The van der Waals surface area contributed by atoms with Gasteiger partial charge in [0.15, 0.2) is 0 Å². The van der Waals surface area contributed by atoms with Crippen LogP contribution in [0.1, 0.15) is 50.4 Å². The number of imidazole rings is 1. The summed E-state index contributed by atoms with van der Waals surface area (Å²) in [5.74, 6) is 4.04. The van der Waals surface area contributed by atoms with Gasteiger partial charge < -0.3 is 14.2 Å². The van der Waals surface area contributed by atoms with E-state index in [1.54, 1.807) is 18.6 Å². The zero-order chi connectivity index (χ0) is 21.5. The number of para-hydroxylation sites is 2. The Morgan fingerprint density at radius 2 is 1.84 bits per heavy atom. The van der Waals surface area contributed by atoms with Crippen molar-refractivity contribution in [3.05, 3.63) is 48.7 Å². The highest BCUT2D eigenvalue weighted by atomic mass is 16.5. The first-order valence-electron chi connectivity index (χ1n) is 12.3. The Bertz CT molecular complexity index is 1060. The predicted octanol–water partition coefficient (Wildman–Crippen LogP) is 4.66. The molecule has 0 amide bonds. The number of hydrogen-bond acceptors (Lipinski definition) is 5. The summed E-state index contributed by atoms with van der Waals surface area (Å²) in [6.07, 6.45) is 13.1. The summed E-state index contributed by atoms with van der Waals surface area (Å²) < 4.78 is 8.97. The molecule has 0 unspecified atom stereocenters. The van der Waals surface area contributed by atoms with E-state index in [2.05, 4.69) is 50.6 Å². The summed E-state index contributed by atoms with van der Waals surface area (Å²) in [6, 6.07) is 8.76. The van der Waals surface area contributed by atoms with Crippen molar-refractivity contribution in [1.29, 1.82) is 0 Å². The molecule has 0 spiro atoms. The maximum absolute atomic E-state index is 6.53. The number of fused-ring (bicyclic) bond motifs is 2. The third kappa shape index (κ3) is 3.79. The van der Waals surface area contributed by atoms with Gasteiger partial charge in [0, 0.05) is 32.0 Å². The minimum Gasteiger partial charge on any atom is -0.471 e. The smallest absolute Gasteiger partial charge is 0.232 e. The Hall–Kier alpha value is -2.47. The largest absolute Gasteiger partial charge is 0.471 e. The summed E-state index contributed by atoms with van der Waals surface area (Å²) in [4.78, 5) is 16.3. The average molecular weight is 432 g/mol. The molecule has 168 valence electrons. The quantitative estimate of drug-likeness (QED) is 0.588. The van der Waals surface area contributed by atoms with E-state index in [-0.39, 0.29) is 12.1 Å². The molecule has 2 aliphatic carbocycles. The molecule has 6 heteroatoms. The van der Waals surface area contributed by atoms with Gasteiger partial charge in [0.1, 0.15) is 11.9 Å². The van der Waals surface area contributed by atoms with Crippen LogP contribution in [0.5, 0.6) is 5.88 Å². The molecule has 1 saturated heterocycles. The molecule has 0 bridgehead atoms. The van der Waals surface area contributed by atoms with Crippen LogP contribution in [0.25, 0.3) is 11.0 Å². The van der Waals surface area contributed by atoms with Crippen molar-refractivity contribution >= 4 is 11.0 Å². The van der Waals surface area contributed by atoms with Crippen LogP contribution in [0.15, 0.2) is 42.9 Å². The molecule has 6 nitrogen and oxygen atoms in total. The third-order valence-electron chi connectivity index (χ3n) is 8.07. The van der Waals surface area contributed by atoms with Crippen LogP contribution in [0.4, 0.5) is 0 Å². The third-order valence-corrected chi connectivity index (χ3v) is 8.07. The van der Waals surface area contributed by atoms with Gasteiger partial charge in [-0.1, -0.05) is 25.0 Å². The summed E-state index contributed by atoms with van der Waals surface area (Å²) >= 11 is 0.